The predicted octanol–water partition coefficient (Wildman–Crippen LogP) is 5.52. The Kier molecular flexibility index (Phi) is 6.50. The van der Waals surface area contributed by atoms with Gasteiger partial charge in [0, 0.05) is 10.6 Å². The maximum Gasteiger partial charge on any atom is 0.276 e. The van der Waals surface area contributed by atoms with Crippen molar-refractivity contribution in [1.82, 2.24) is 9.55 Å². The molecule has 0 aliphatic heterocycles. The fourth-order valence-electron chi connectivity index (χ4n) is 3.19. The highest BCUT2D eigenvalue weighted by molar-refractivity contribution is 7.99. The number of hydrogen-bond donors (Lipinski definition) is 1. The number of nitrogens with zero attached hydrogens (tertiary/aromatic N) is 2. The third kappa shape index (κ3) is 4.71. The molecule has 0 saturated carbocycles. The number of thiophene rings is 1. The molecule has 1 N–H and O–H groups in total. The lowest BCUT2D eigenvalue weighted by atomic mass is 10.1. The first-order valence-electron chi connectivity index (χ1n) is 9.61. The minimum atomic E-state index is -0.143. The van der Waals surface area contributed by atoms with Gasteiger partial charge in [0.05, 0.1) is 17.0 Å². The number of hydrogen-bond acceptors (Lipinski definition) is 6. The van der Waals surface area contributed by atoms with Gasteiger partial charge in [-0.25, -0.2) is 4.98 Å². The van der Waals surface area contributed by atoms with E-state index in [9.17, 15) is 9.59 Å². The Morgan fingerprint density at radius 3 is 2.81 bits per heavy atom. The van der Waals surface area contributed by atoms with Crippen molar-refractivity contribution < 1.29 is 4.79 Å². The lowest BCUT2D eigenvalue weighted by Gasteiger charge is -2.15. The van der Waals surface area contributed by atoms with Gasteiger partial charge in [0.2, 0.25) is 5.91 Å². The van der Waals surface area contributed by atoms with Crippen LogP contribution in [0.3, 0.4) is 0 Å². The molecule has 5 nitrogen and oxygen atoms in total. The number of anilines is 1. The highest BCUT2D eigenvalue weighted by atomic mass is 32.2. The average Bonchev–Trinajstić information content (AvgIpc) is 3.23. The molecule has 0 unspecified atom stereocenters. The van der Waals surface area contributed by atoms with E-state index in [0.717, 1.165) is 27.4 Å². The van der Waals surface area contributed by atoms with Crippen LogP contribution in [0.4, 0.5) is 5.69 Å². The van der Waals surface area contributed by atoms with Crippen LogP contribution in [0.5, 0.6) is 0 Å². The molecule has 2 heterocycles. The van der Waals surface area contributed by atoms with Crippen LogP contribution >= 0.6 is 34.9 Å². The number of thioether (sulfide) groups is 2. The molecule has 4 aromatic rings. The van der Waals surface area contributed by atoms with Crippen LogP contribution < -0.4 is 10.9 Å². The average molecular weight is 468 g/mol. The Labute approximate surface area is 192 Å². The lowest BCUT2D eigenvalue weighted by molar-refractivity contribution is -0.113. The van der Waals surface area contributed by atoms with Crippen LogP contribution in [0, 0.1) is 13.8 Å². The van der Waals surface area contributed by atoms with Gasteiger partial charge in [0.1, 0.15) is 4.70 Å². The van der Waals surface area contributed by atoms with E-state index >= 15 is 0 Å². The minimum Gasteiger partial charge on any atom is -0.325 e. The third-order valence-electron chi connectivity index (χ3n) is 4.74. The molecule has 158 valence electrons. The molecule has 0 aliphatic carbocycles. The summed E-state index contributed by atoms with van der Waals surface area (Å²) >= 11 is 4.27. The molecule has 0 radical (unpaired) electrons. The number of carbonyl (C=O) groups excluding carboxylic acids is 1. The van der Waals surface area contributed by atoms with Crippen molar-refractivity contribution in [2.75, 3.05) is 17.3 Å². The van der Waals surface area contributed by atoms with E-state index in [1.165, 1.54) is 23.1 Å². The van der Waals surface area contributed by atoms with E-state index in [0.29, 0.717) is 15.4 Å². The molecule has 0 aliphatic rings. The molecular weight excluding hydrogens is 446 g/mol. The summed E-state index contributed by atoms with van der Waals surface area (Å²) in [6.07, 6.45) is 2.00. The van der Waals surface area contributed by atoms with E-state index in [2.05, 4.69) is 5.32 Å². The second kappa shape index (κ2) is 9.30. The quantitative estimate of drug-likeness (QED) is 0.299. The van der Waals surface area contributed by atoms with Crippen LogP contribution in [0.15, 0.2) is 68.8 Å². The minimum absolute atomic E-state index is 0.107. The maximum absolute atomic E-state index is 13.3. The first kappa shape index (κ1) is 21.7. The summed E-state index contributed by atoms with van der Waals surface area (Å²) in [4.78, 5) is 31.7. The number of rotatable bonds is 6. The zero-order chi connectivity index (χ0) is 22.0. The Balaban J connectivity index is 1.66. The van der Waals surface area contributed by atoms with Gasteiger partial charge in [-0.3, -0.25) is 14.2 Å². The lowest BCUT2D eigenvalue weighted by Crippen LogP contribution is -2.23. The summed E-state index contributed by atoms with van der Waals surface area (Å²) < 4.78 is 2.25. The fraction of sp³-hybridized carbons (Fsp3) is 0.174. The fourth-order valence-corrected chi connectivity index (χ4v) is 5.21. The molecule has 31 heavy (non-hydrogen) atoms. The number of aromatic nitrogens is 2. The summed E-state index contributed by atoms with van der Waals surface area (Å²) in [5.41, 5.74) is 4.14. The number of carbonyl (C=O) groups is 1. The van der Waals surface area contributed by atoms with Gasteiger partial charge >= 0.3 is 0 Å². The Morgan fingerprint density at radius 2 is 2.00 bits per heavy atom. The second-order valence-electron chi connectivity index (χ2n) is 7.03. The van der Waals surface area contributed by atoms with E-state index in [4.69, 9.17) is 4.98 Å². The number of aryl methyl sites for hydroxylation is 2. The Hall–Kier alpha value is -2.55. The van der Waals surface area contributed by atoms with Crippen molar-refractivity contribution in [3.05, 3.63) is 75.4 Å². The molecule has 2 aromatic heterocycles. The molecule has 4 rings (SSSR count). The smallest absolute Gasteiger partial charge is 0.276 e. The summed E-state index contributed by atoms with van der Waals surface area (Å²) in [7, 11) is 0. The normalized spacial score (nSPS) is 11.1. The molecule has 1 amide bonds. The second-order valence-corrected chi connectivity index (χ2v) is 9.77. The van der Waals surface area contributed by atoms with E-state index in [1.807, 2.05) is 74.0 Å². The molecular formula is C23H21N3O2S3. The number of amides is 1. The molecule has 0 spiro atoms. The first-order chi connectivity index (χ1) is 15.0. The van der Waals surface area contributed by atoms with Crippen LogP contribution in [0.25, 0.3) is 15.9 Å². The van der Waals surface area contributed by atoms with Crippen molar-refractivity contribution in [2.24, 2.45) is 0 Å². The van der Waals surface area contributed by atoms with Crippen molar-refractivity contribution in [2.45, 2.75) is 23.9 Å². The molecule has 0 fully saturated rings. The van der Waals surface area contributed by atoms with E-state index < -0.39 is 0 Å². The first-order valence-corrected chi connectivity index (χ1v) is 12.7. The summed E-state index contributed by atoms with van der Waals surface area (Å²) in [6.45, 7) is 3.97. The van der Waals surface area contributed by atoms with Crippen molar-refractivity contribution in [3.63, 3.8) is 0 Å². The van der Waals surface area contributed by atoms with Gasteiger partial charge in [-0.2, -0.15) is 0 Å². The standard InChI is InChI=1S/C23H21N3O2S3/c1-14-7-8-15(2)19(11-14)26-22(28)21-18(9-10-30-21)25-23(26)31-13-20(27)24-16-5-4-6-17(12-16)29-3/h4-12H,13H2,1-3H3,(H,24,27). The van der Waals surface area contributed by atoms with Crippen LogP contribution in [-0.4, -0.2) is 27.5 Å². The van der Waals surface area contributed by atoms with Gasteiger partial charge in [0.25, 0.3) is 5.56 Å². The topological polar surface area (TPSA) is 64.0 Å². The van der Waals surface area contributed by atoms with Crippen LogP contribution in [0.1, 0.15) is 11.1 Å². The zero-order valence-electron chi connectivity index (χ0n) is 17.3. The molecule has 0 bridgehead atoms. The predicted molar refractivity (Wildman–Crippen MR) is 132 cm³/mol. The molecule has 8 heteroatoms. The van der Waals surface area contributed by atoms with E-state index in [1.54, 1.807) is 16.3 Å². The summed E-state index contributed by atoms with van der Waals surface area (Å²) in [5, 5.41) is 5.31. The SMILES string of the molecule is CSc1cccc(NC(=O)CSc2nc3ccsc3c(=O)n2-c2cc(C)ccc2C)c1. The van der Waals surface area contributed by atoms with Gasteiger partial charge in [-0.05, 0) is 66.9 Å². The summed E-state index contributed by atoms with van der Waals surface area (Å²) in [6, 6.07) is 15.6. The third-order valence-corrected chi connectivity index (χ3v) is 7.30. The van der Waals surface area contributed by atoms with Gasteiger partial charge in [-0.15, -0.1) is 23.1 Å². The van der Waals surface area contributed by atoms with Crippen molar-refractivity contribution in [3.8, 4) is 5.69 Å². The molecule has 0 saturated heterocycles. The van der Waals surface area contributed by atoms with Gasteiger partial charge in [0.15, 0.2) is 5.16 Å². The molecule has 0 atom stereocenters. The number of benzene rings is 2. The Morgan fingerprint density at radius 1 is 1.16 bits per heavy atom. The Bertz CT molecular complexity index is 1330. The monoisotopic (exact) mass is 467 g/mol. The number of nitrogens with one attached hydrogen (secondary N) is 1. The van der Waals surface area contributed by atoms with Crippen LogP contribution in [-0.2, 0) is 4.79 Å². The van der Waals surface area contributed by atoms with Gasteiger partial charge < -0.3 is 5.32 Å². The van der Waals surface area contributed by atoms with Gasteiger partial charge in [-0.1, -0.05) is 30.0 Å². The molecule has 2 aromatic carbocycles. The highest BCUT2D eigenvalue weighted by Gasteiger charge is 2.17. The number of fused-ring (bicyclic) bond motifs is 1. The van der Waals surface area contributed by atoms with Crippen molar-refractivity contribution in [1.29, 1.82) is 0 Å². The highest BCUT2D eigenvalue weighted by Crippen LogP contribution is 2.26. The zero-order valence-corrected chi connectivity index (χ0v) is 19.8. The van der Waals surface area contributed by atoms with Crippen molar-refractivity contribution >= 4 is 56.7 Å². The summed E-state index contributed by atoms with van der Waals surface area (Å²) in [5.74, 6) is 0.00613. The van der Waals surface area contributed by atoms with E-state index in [-0.39, 0.29) is 17.2 Å². The maximum atomic E-state index is 13.3. The largest absolute Gasteiger partial charge is 0.325 e. The van der Waals surface area contributed by atoms with Crippen LogP contribution in [0.2, 0.25) is 0 Å².